The lowest BCUT2D eigenvalue weighted by Gasteiger charge is -2.49. The van der Waals surface area contributed by atoms with Gasteiger partial charge in [0.1, 0.15) is 0 Å². The van der Waals surface area contributed by atoms with Gasteiger partial charge in [-0.05, 0) is 222 Å². The zero-order chi connectivity index (χ0) is 58.5. The third-order valence-corrected chi connectivity index (χ3v) is 24.3. The molecular formula is C78H92BN3S. The van der Waals surface area contributed by atoms with Crippen molar-refractivity contribution >= 4 is 100 Å². The van der Waals surface area contributed by atoms with E-state index in [1.54, 1.807) is 0 Å². The number of fused-ring (bicyclic) bond motifs is 10. The average molecular weight is 1110 g/mol. The van der Waals surface area contributed by atoms with Crippen LogP contribution in [0.4, 0.5) is 45.5 Å². The first-order valence-electron chi connectivity index (χ1n) is 32.1. The predicted octanol–water partition coefficient (Wildman–Crippen LogP) is 20.7. The minimum atomic E-state index is -0.0149. The van der Waals surface area contributed by atoms with E-state index in [9.17, 15) is 0 Å². The van der Waals surface area contributed by atoms with Gasteiger partial charge in [-0.25, -0.2) is 0 Å². The van der Waals surface area contributed by atoms with E-state index in [0.717, 1.165) is 18.5 Å². The minimum absolute atomic E-state index is 0.00814. The number of anilines is 8. The molecule has 8 aromatic rings. The normalized spacial score (nSPS) is 23.0. The van der Waals surface area contributed by atoms with Gasteiger partial charge in [0.15, 0.2) is 0 Å². The Morgan fingerprint density at radius 1 is 0.470 bits per heavy atom. The maximum absolute atomic E-state index is 4.38. The van der Waals surface area contributed by atoms with Crippen LogP contribution in [-0.4, -0.2) is 6.71 Å². The summed E-state index contributed by atoms with van der Waals surface area (Å²) in [4.78, 5) is 5.55. The summed E-state index contributed by atoms with van der Waals surface area (Å²) >= 11 is 1.93. The standard InChI is InChI=1S/C78H92BN3S/c1-47-23-20-21-32-78(47,17)58-39-48(71(2,3)4)28-31-61(58)80-49-40-65-70-66(41-49)82(62-25-22-27-68-69(62)51-24-18-19-26-67(51)83-68)64-46-57-55(75(11,12)36-38-77(57,15)16)44-60(64)79(70)59-43-54-56(76(13,14)37-35-74(54,9)10)45-63(59)81(65)50-29-30-52-53(42-50)73(7,8)34-33-72(52,5)6/h18-19,22,24-31,39-47,80H,20-21,23,32-38H2,1-17H3. The molecule has 0 amide bonds. The molecule has 0 saturated heterocycles. The molecule has 4 aliphatic carbocycles. The Morgan fingerprint density at radius 2 is 1.00 bits per heavy atom. The molecule has 2 unspecified atom stereocenters. The lowest BCUT2D eigenvalue weighted by Crippen LogP contribution is -2.62. The summed E-state index contributed by atoms with van der Waals surface area (Å²) in [6.07, 6.45) is 12.0. The molecule has 0 bridgehead atoms. The van der Waals surface area contributed by atoms with Crippen molar-refractivity contribution in [2.45, 2.75) is 225 Å². The van der Waals surface area contributed by atoms with Gasteiger partial charge in [-0.3, -0.25) is 0 Å². The number of benzene rings is 7. The number of hydrogen-bond acceptors (Lipinski definition) is 4. The molecule has 2 aliphatic heterocycles. The molecule has 5 heteroatoms. The van der Waals surface area contributed by atoms with Crippen LogP contribution in [0.2, 0.25) is 0 Å². The van der Waals surface area contributed by atoms with Crippen molar-refractivity contribution in [1.29, 1.82) is 0 Å². The number of hydrogen-bond donors (Lipinski definition) is 1. The molecule has 2 atom stereocenters. The summed E-state index contributed by atoms with van der Waals surface area (Å²) < 4.78 is 2.66. The van der Waals surface area contributed by atoms with E-state index >= 15 is 0 Å². The largest absolute Gasteiger partial charge is 0.355 e. The fourth-order valence-electron chi connectivity index (χ4n) is 17.0. The molecule has 1 fully saturated rings. The Balaban J connectivity index is 1.14. The number of nitrogens with zero attached hydrogens (tertiary/aromatic N) is 2. The van der Waals surface area contributed by atoms with Crippen molar-refractivity contribution in [3.8, 4) is 0 Å². The molecule has 1 aromatic heterocycles. The fourth-order valence-corrected chi connectivity index (χ4v) is 18.2. The summed E-state index contributed by atoms with van der Waals surface area (Å²) in [7, 11) is 0. The van der Waals surface area contributed by atoms with Crippen LogP contribution < -0.4 is 31.5 Å². The van der Waals surface area contributed by atoms with E-state index in [2.05, 4.69) is 248 Å². The van der Waals surface area contributed by atoms with Crippen molar-refractivity contribution in [1.82, 2.24) is 0 Å². The van der Waals surface area contributed by atoms with Gasteiger partial charge in [-0.2, -0.15) is 0 Å². The third-order valence-electron chi connectivity index (χ3n) is 23.2. The van der Waals surface area contributed by atoms with Crippen LogP contribution in [0.5, 0.6) is 0 Å². The highest BCUT2D eigenvalue weighted by Gasteiger charge is 2.50. The van der Waals surface area contributed by atoms with E-state index in [1.165, 1.54) is 172 Å². The molecule has 83 heavy (non-hydrogen) atoms. The van der Waals surface area contributed by atoms with Crippen molar-refractivity contribution < 1.29 is 0 Å². The van der Waals surface area contributed by atoms with Gasteiger partial charge < -0.3 is 15.1 Å². The second kappa shape index (κ2) is 18.1. The molecule has 428 valence electrons. The number of rotatable bonds is 5. The van der Waals surface area contributed by atoms with Gasteiger partial charge in [-0.15, -0.1) is 11.3 Å². The van der Waals surface area contributed by atoms with Crippen LogP contribution in [0.25, 0.3) is 20.2 Å². The zero-order valence-electron chi connectivity index (χ0n) is 53.5. The van der Waals surface area contributed by atoms with Gasteiger partial charge in [0.2, 0.25) is 0 Å². The summed E-state index contributed by atoms with van der Waals surface area (Å²) in [5, 5.41) is 7.05. The summed E-state index contributed by atoms with van der Waals surface area (Å²) in [6.45, 7) is 42.4. The molecule has 7 aromatic carbocycles. The summed E-state index contributed by atoms with van der Waals surface area (Å²) in [5.74, 6) is 0.566. The topological polar surface area (TPSA) is 18.5 Å². The monoisotopic (exact) mass is 1110 g/mol. The van der Waals surface area contributed by atoms with Crippen molar-refractivity contribution in [3.63, 3.8) is 0 Å². The van der Waals surface area contributed by atoms with Gasteiger partial charge in [0.05, 0.1) is 5.69 Å². The van der Waals surface area contributed by atoms with Crippen LogP contribution in [0.3, 0.4) is 0 Å². The van der Waals surface area contributed by atoms with E-state index in [4.69, 9.17) is 0 Å². The number of thiophene rings is 1. The molecule has 3 heterocycles. The Bertz CT molecular complexity index is 4020. The first-order valence-corrected chi connectivity index (χ1v) is 32.9. The second-order valence-corrected chi connectivity index (χ2v) is 33.5. The Morgan fingerprint density at radius 3 is 1.59 bits per heavy atom. The first kappa shape index (κ1) is 55.1. The van der Waals surface area contributed by atoms with Gasteiger partial charge >= 0.3 is 0 Å². The van der Waals surface area contributed by atoms with E-state index in [-0.39, 0.29) is 50.0 Å². The van der Waals surface area contributed by atoms with Crippen LogP contribution >= 0.6 is 11.3 Å². The SMILES string of the molecule is CC1CCCCC1(C)c1cc(C(C)(C)C)ccc1Nc1cc2c3c(c1)N(c1cccc4sc5ccccc5c14)c1cc4c(cc1B3c1cc3c(cc1N2c1ccc2c(c1)C(C)(C)CCC2(C)C)C(C)(C)CCC3(C)C)C(C)(C)CCC4(C)C. The molecule has 0 spiro atoms. The summed E-state index contributed by atoms with van der Waals surface area (Å²) in [6, 6.07) is 47.6. The molecule has 14 rings (SSSR count). The minimum Gasteiger partial charge on any atom is -0.355 e. The van der Waals surface area contributed by atoms with Crippen LogP contribution in [0, 0.1) is 5.92 Å². The highest BCUT2D eigenvalue weighted by Crippen LogP contribution is 2.57. The van der Waals surface area contributed by atoms with Crippen molar-refractivity contribution in [3.05, 3.63) is 160 Å². The van der Waals surface area contributed by atoms with E-state index in [1.807, 2.05) is 11.3 Å². The molecule has 6 aliphatic rings. The van der Waals surface area contributed by atoms with E-state index in [0.29, 0.717) is 5.92 Å². The zero-order valence-corrected chi connectivity index (χ0v) is 54.3. The van der Waals surface area contributed by atoms with Gasteiger partial charge in [-0.1, -0.05) is 185 Å². The number of nitrogens with one attached hydrogen (secondary N) is 1. The Labute approximate surface area is 503 Å². The molecule has 3 nitrogen and oxygen atoms in total. The molecule has 1 saturated carbocycles. The Hall–Kier alpha value is -5.78. The van der Waals surface area contributed by atoms with Crippen LogP contribution in [0.1, 0.15) is 226 Å². The molecule has 1 N–H and O–H groups in total. The van der Waals surface area contributed by atoms with Crippen LogP contribution in [0.15, 0.2) is 115 Å². The highest BCUT2D eigenvalue weighted by atomic mass is 32.1. The maximum Gasteiger partial charge on any atom is 0.252 e. The van der Waals surface area contributed by atoms with Gasteiger partial charge in [0, 0.05) is 60.0 Å². The predicted molar refractivity (Wildman–Crippen MR) is 363 cm³/mol. The smallest absolute Gasteiger partial charge is 0.252 e. The van der Waals surface area contributed by atoms with Crippen molar-refractivity contribution in [2.75, 3.05) is 15.1 Å². The third kappa shape index (κ3) is 8.35. The highest BCUT2D eigenvalue weighted by molar-refractivity contribution is 7.26. The summed E-state index contributed by atoms with van der Waals surface area (Å²) in [5.41, 5.74) is 26.6. The average Bonchev–Trinajstić information content (AvgIpc) is 0.997. The van der Waals surface area contributed by atoms with Gasteiger partial charge in [0.25, 0.3) is 6.71 Å². The maximum atomic E-state index is 4.38. The van der Waals surface area contributed by atoms with E-state index < -0.39 is 0 Å². The van der Waals surface area contributed by atoms with Crippen molar-refractivity contribution in [2.24, 2.45) is 5.92 Å². The quantitative estimate of drug-likeness (QED) is 0.173. The molecular weight excluding hydrogens is 1020 g/mol. The second-order valence-electron chi connectivity index (χ2n) is 32.4. The Kier molecular flexibility index (Phi) is 12.0. The molecule has 0 radical (unpaired) electrons. The lowest BCUT2D eigenvalue weighted by molar-refractivity contribution is 0.222. The first-order chi connectivity index (χ1) is 39.0. The van der Waals surface area contributed by atoms with Crippen LogP contribution in [-0.2, 0) is 43.3 Å². The fraction of sp³-hybridized carbons (Fsp3) is 0.462. The lowest BCUT2D eigenvalue weighted by atomic mass is 9.32.